The Hall–Kier alpha value is -7.49. The van der Waals surface area contributed by atoms with Crippen molar-refractivity contribution < 1.29 is 14.3 Å². The molecule has 60 heavy (non-hydrogen) atoms. The molecule has 0 aliphatic heterocycles. The summed E-state index contributed by atoms with van der Waals surface area (Å²) in [4.78, 5) is 13.5. The summed E-state index contributed by atoms with van der Waals surface area (Å²) in [6.45, 7) is 0.887. The Balaban J connectivity index is 0.829. The van der Waals surface area contributed by atoms with Crippen molar-refractivity contribution >= 4 is 17.9 Å². The highest BCUT2D eigenvalue weighted by molar-refractivity contribution is 6.15. The van der Waals surface area contributed by atoms with Gasteiger partial charge in [-0.2, -0.15) is 0 Å². The summed E-state index contributed by atoms with van der Waals surface area (Å²) in [6, 6.07) is 71.1. The Labute approximate surface area is 352 Å². The summed E-state index contributed by atoms with van der Waals surface area (Å²) in [7, 11) is 0. The third kappa shape index (κ3) is 9.28. The normalized spacial score (nSPS) is 13.8. The molecule has 0 amide bonds. The van der Waals surface area contributed by atoms with Crippen LogP contribution in [0, 0.1) is 0 Å². The fourth-order valence-corrected chi connectivity index (χ4v) is 7.77. The number of hydrogen-bond donors (Lipinski definition) is 0. The van der Waals surface area contributed by atoms with E-state index in [0.717, 1.165) is 80.0 Å². The largest absolute Gasteiger partial charge is 0.489 e. The van der Waals surface area contributed by atoms with E-state index in [4.69, 9.17) is 9.47 Å². The number of carbonyl (C=O) groups excluding carboxylic acids is 1. The molecular formula is C57H44O3. The van der Waals surface area contributed by atoms with Crippen LogP contribution < -0.4 is 9.47 Å². The van der Waals surface area contributed by atoms with Gasteiger partial charge in [-0.3, -0.25) is 4.79 Å². The summed E-state index contributed by atoms with van der Waals surface area (Å²) in [5, 5.41) is 0. The maximum atomic E-state index is 13.5. The third-order valence-electron chi connectivity index (χ3n) is 10.9. The topological polar surface area (TPSA) is 35.5 Å². The Bertz CT molecular complexity index is 2460. The molecule has 8 aromatic carbocycles. The van der Waals surface area contributed by atoms with Crippen LogP contribution in [0.1, 0.15) is 35.1 Å². The van der Waals surface area contributed by atoms with Gasteiger partial charge in [0.05, 0.1) is 0 Å². The molecule has 1 aliphatic rings. The molecule has 1 aliphatic carbocycles. The van der Waals surface area contributed by atoms with Gasteiger partial charge in [0.2, 0.25) is 0 Å². The fourth-order valence-electron chi connectivity index (χ4n) is 7.77. The van der Waals surface area contributed by atoms with Gasteiger partial charge in [0.25, 0.3) is 0 Å². The molecule has 0 radical (unpaired) electrons. The van der Waals surface area contributed by atoms with Gasteiger partial charge in [-0.25, -0.2) is 0 Å². The number of hydrogen-bond acceptors (Lipinski definition) is 3. The van der Waals surface area contributed by atoms with Crippen LogP contribution in [-0.4, -0.2) is 5.78 Å². The molecule has 0 spiro atoms. The Morgan fingerprint density at radius 3 is 0.950 bits per heavy atom. The van der Waals surface area contributed by atoms with E-state index < -0.39 is 0 Å². The number of benzene rings is 8. The zero-order valence-corrected chi connectivity index (χ0v) is 33.3. The molecule has 0 bridgehead atoms. The molecule has 1 saturated carbocycles. The lowest BCUT2D eigenvalue weighted by atomic mass is 9.96. The van der Waals surface area contributed by atoms with Gasteiger partial charge in [0.15, 0.2) is 5.78 Å². The fraction of sp³-hybridized carbons (Fsp3) is 0.0702. The van der Waals surface area contributed by atoms with Crippen LogP contribution in [0.25, 0.3) is 56.7 Å². The van der Waals surface area contributed by atoms with E-state index in [-0.39, 0.29) is 5.78 Å². The summed E-state index contributed by atoms with van der Waals surface area (Å²) in [6.07, 6.45) is 5.46. The van der Waals surface area contributed by atoms with Gasteiger partial charge in [-0.05, 0) is 152 Å². The lowest BCUT2D eigenvalue weighted by molar-refractivity contribution is -0.111. The molecule has 3 nitrogen and oxygen atoms in total. The van der Waals surface area contributed by atoms with Crippen molar-refractivity contribution in [2.75, 3.05) is 0 Å². The Kier molecular flexibility index (Phi) is 11.4. The molecule has 0 unspecified atom stereocenters. The first-order valence-electron chi connectivity index (χ1n) is 20.5. The average Bonchev–Trinajstić information content (AvgIpc) is 3.66. The predicted octanol–water partition coefficient (Wildman–Crippen LogP) is 14.3. The minimum atomic E-state index is 0.107. The molecule has 3 heteroatoms. The van der Waals surface area contributed by atoms with Crippen molar-refractivity contribution in [2.45, 2.75) is 26.1 Å². The van der Waals surface area contributed by atoms with Crippen molar-refractivity contribution in [3.63, 3.8) is 0 Å². The van der Waals surface area contributed by atoms with E-state index in [9.17, 15) is 4.79 Å². The molecule has 290 valence electrons. The number of carbonyl (C=O) groups is 1. The molecule has 0 aromatic heterocycles. The van der Waals surface area contributed by atoms with Gasteiger partial charge in [-0.15, -0.1) is 0 Å². The highest BCUT2D eigenvalue weighted by atomic mass is 16.5. The highest BCUT2D eigenvalue weighted by Gasteiger charge is 2.23. The van der Waals surface area contributed by atoms with Crippen molar-refractivity contribution in [1.82, 2.24) is 0 Å². The standard InChI is InChI=1S/C57H44O3/c58-57-49(31-41-21-27-55(28-22-41)59-39-43-33-51(45-13-5-1-6-14-45)37-52(34-43)46-15-7-2-8-16-46)25-26-50(57)32-42-23-29-56(30-24-42)60-40-44-35-53(47-17-9-3-10-18-47)38-54(36-44)48-19-11-4-12-20-48/h1-24,27-38H,25-26,39-40H2/b49-31-,50-32+. The maximum absolute atomic E-state index is 13.5. The quantitative estimate of drug-likeness (QED) is 0.116. The second-order valence-corrected chi connectivity index (χ2v) is 15.2. The monoisotopic (exact) mass is 776 g/mol. The van der Waals surface area contributed by atoms with Crippen LogP contribution in [0.2, 0.25) is 0 Å². The zero-order chi connectivity index (χ0) is 40.5. The number of rotatable bonds is 12. The van der Waals surface area contributed by atoms with Crippen LogP contribution in [0.5, 0.6) is 11.5 Å². The summed E-state index contributed by atoms with van der Waals surface area (Å²) in [5.74, 6) is 1.68. The maximum Gasteiger partial charge on any atom is 0.185 e. The minimum Gasteiger partial charge on any atom is -0.489 e. The first-order chi connectivity index (χ1) is 29.6. The lowest BCUT2D eigenvalue weighted by Crippen LogP contribution is -1.98. The van der Waals surface area contributed by atoms with Crippen molar-refractivity contribution in [3.8, 4) is 56.0 Å². The first-order valence-corrected chi connectivity index (χ1v) is 20.5. The Morgan fingerprint density at radius 2 is 0.650 bits per heavy atom. The molecule has 0 atom stereocenters. The number of allylic oxidation sites excluding steroid dienone is 2. The van der Waals surface area contributed by atoms with E-state index >= 15 is 0 Å². The summed E-state index contributed by atoms with van der Waals surface area (Å²) in [5.41, 5.74) is 15.1. The van der Waals surface area contributed by atoms with E-state index in [0.29, 0.717) is 13.2 Å². The van der Waals surface area contributed by atoms with Crippen molar-refractivity contribution in [2.24, 2.45) is 0 Å². The van der Waals surface area contributed by atoms with Gasteiger partial charge in [0, 0.05) is 11.1 Å². The van der Waals surface area contributed by atoms with E-state index in [2.05, 4.69) is 133 Å². The van der Waals surface area contributed by atoms with E-state index in [1.807, 2.05) is 84.9 Å². The SMILES string of the molecule is O=C1/C(=C\c2ccc(OCc3cc(-c4ccccc4)cc(-c4ccccc4)c3)cc2)CC/C1=C\c1ccc(OCc2cc(-c3ccccc3)cc(-c3ccccc3)c2)cc1. The molecule has 8 aromatic rings. The number of ether oxygens (including phenoxy) is 2. The number of ketones is 1. The molecule has 0 saturated heterocycles. The Morgan fingerprint density at radius 1 is 0.350 bits per heavy atom. The molecule has 9 rings (SSSR count). The average molecular weight is 777 g/mol. The number of Topliss-reactive ketones (excluding diaryl/α,β-unsaturated/α-hetero) is 1. The zero-order valence-electron chi connectivity index (χ0n) is 33.3. The van der Waals surface area contributed by atoms with Crippen LogP contribution in [0.3, 0.4) is 0 Å². The van der Waals surface area contributed by atoms with Crippen molar-refractivity contribution in [1.29, 1.82) is 0 Å². The highest BCUT2D eigenvalue weighted by Crippen LogP contribution is 2.33. The van der Waals surface area contributed by atoms with Crippen molar-refractivity contribution in [3.05, 3.63) is 240 Å². The minimum absolute atomic E-state index is 0.107. The summed E-state index contributed by atoms with van der Waals surface area (Å²) < 4.78 is 12.6. The lowest BCUT2D eigenvalue weighted by Gasteiger charge is -2.12. The van der Waals surface area contributed by atoms with Crippen LogP contribution in [0.15, 0.2) is 217 Å². The predicted molar refractivity (Wildman–Crippen MR) is 246 cm³/mol. The van der Waals surface area contributed by atoms with E-state index in [1.54, 1.807) is 0 Å². The smallest absolute Gasteiger partial charge is 0.185 e. The van der Waals surface area contributed by atoms with Gasteiger partial charge >= 0.3 is 0 Å². The molecule has 0 heterocycles. The first kappa shape index (κ1) is 38.1. The second kappa shape index (κ2) is 18.0. The molecule has 1 fully saturated rings. The van der Waals surface area contributed by atoms with Gasteiger partial charge < -0.3 is 9.47 Å². The van der Waals surface area contributed by atoms with Crippen LogP contribution in [0.4, 0.5) is 0 Å². The van der Waals surface area contributed by atoms with Gasteiger partial charge in [-0.1, -0.05) is 146 Å². The third-order valence-corrected chi connectivity index (χ3v) is 10.9. The molecule has 0 N–H and O–H groups in total. The second-order valence-electron chi connectivity index (χ2n) is 15.2. The van der Waals surface area contributed by atoms with E-state index in [1.165, 1.54) is 22.3 Å². The van der Waals surface area contributed by atoms with Gasteiger partial charge in [0.1, 0.15) is 24.7 Å². The summed E-state index contributed by atoms with van der Waals surface area (Å²) >= 11 is 0. The molecular weight excluding hydrogens is 733 g/mol. The van der Waals surface area contributed by atoms with Crippen LogP contribution in [-0.2, 0) is 18.0 Å². The van der Waals surface area contributed by atoms with Crippen LogP contribution >= 0.6 is 0 Å².